The molecule has 8 atom stereocenters. The molecule has 4 aliphatic carbocycles. The summed E-state index contributed by atoms with van der Waals surface area (Å²) in [4.78, 5) is 13.5. The van der Waals surface area contributed by atoms with Crippen molar-refractivity contribution in [3.63, 3.8) is 0 Å². The van der Waals surface area contributed by atoms with Crippen LogP contribution < -0.4 is 11.1 Å². The van der Waals surface area contributed by atoms with Crippen molar-refractivity contribution in [1.29, 1.82) is 0 Å². The molecule has 8 rings (SSSR count). The maximum Gasteiger partial charge on any atom is 0.407 e. The van der Waals surface area contributed by atoms with E-state index in [-0.39, 0.29) is 42.6 Å². The lowest BCUT2D eigenvalue weighted by Gasteiger charge is -2.58. The number of rotatable bonds is 13. The van der Waals surface area contributed by atoms with Crippen LogP contribution in [0.1, 0.15) is 105 Å². The first-order valence-electron chi connectivity index (χ1n) is 21.9. The van der Waals surface area contributed by atoms with Crippen LogP contribution in [0.4, 0.5) is 4.79 Å². The summed E-state index contributed by atoms with van der Waals surface area (Å²) in [6.07, 6.45) is 15.4. The topological polar surface area (TPSA) is 102 Å². The molecule has 3 fully saturated rings. The lowest BCUT2D eigenvalue weighted by Crippen LogP contribution is -2.51. The minimum atomic E-state index is -3.91. The molecule has 4 aliphatic rings. The van der Waals surface area contributed by atoms with Crippen LogP contribution in [0.3, 0.4) is 0 Å². The molecule has 1 unspecified atom stereocenters. The van der Waals surface area contributed by atoms with Gasteiger partial charge in [0.05, 0.1) is 4.90 Å². The Morgan fingerprint density at radius 1 is 0.893 bits per heavy atom. The number of nitrogens with zero attached hydrogens (tertiary/aromatic N) is 1. The van der Waals surface area contributed by atoms with E-state index in [9.17, 15) is 13.2 Å². The Morgan fingerprint density at radius 3 is 2.38 bits per heavy atom. The first-order valence-corrected chi connectivity index (χ1v) is 23.3. The van der Waals surface area contributed by atoms with Crippen molar-refractivity contribution in [3.05, 3.63) is 66.2 Å². The summed E-state index contributed by atoms with van der Waals surface area (Å²) in [7, 11) is -3.91. The molecule has 4 aromatic rings. The van der Waals surface area contributed by atoms with Gasteiger partial charge >= 0.3 is 6.09 Å². The first kappa shape index (κ1) is 39.6. The second kappa shape index (κ2) is 15.5. The predicted molar refractivity (Wildman–Crippen MR) is 229 cm³/mol. The zero-order valence-corrected chi connectivity index (χ0v) is 35.3. The molecule has 1 amide bonds. The van der Waals surface area contributed by atoms with Crippen molar-refractivity contribution in [3.8, 4) is 0 Å². The minimum absolute atomic E-state index is 0.102. The number of carbonyl (C=O) groups is 1. The maximum atomic E-state index is 14.2. The molecule has 56 heavy (non-hydrogen) atoms. The lowest BCUT2D eigenvalue weighted by atomic mass is 9.47. The molecule has 0 aromatic heterocycles. The third kappa shape index (κ3) is 6.93. The Bertz CT molecular complexity index is 2180. The van der Waals surface area contributed by atoms with Gasteiger partial charge in [-0.3, -0.25) is 0 Å². The molecule has 4 aromatic carbocycles. The number of carbonyl (C=O) groups excluding carboxylic acids is 1. The van der Waals surface area contributed by atoms with Gasteiger partial charge in [-0.1, -0.05) is 114 Å². The average molecular weight is 780 g/mol. The maximum absolute atomic E-state index is 14.2. The molecule has 3 saturated carbocycles. The van der Waals surface area contributed by atoms with Gasteiger partial charge in [0, 0.05) is 38.0 Å². The molecular formula is C48H65N3O4S. The van der Waals surface area contributed by atoms with E-state index in [4.69, 9.17) is 10.5 Å². The Kier molecular flexibility index (Phi) is 11.0. The monoisotopic (exact) mass is 779 g/mol. The summed E-state index contributed by atoms with van der Waals surface area (Å²) in [5.74, 6) is 4.78. The van der Waals surface area contributed by atoms with E-state index in [0.717, 1.165) is 75.8 Å². The van der Waals surface area contributed by atoms with Crippen molar-refractivity contribution >= 4 is 48.4 Å². The number of sulfonamides is 1. The highest BCUT2D eigenvalue weighted by molar-refractivity contribution is 7.89. The van der Waals surface area contributed by atoms with E-state index in [1.807, 2.05) is 30.3 Å². The summed E-state index contributed by atoms with van der Waals surface area (Å²) in [5, 5.41) is 8.78. The Morgan fingerprint density at radius 2 is 1.62 bits per heavy atom. The molecule has 7 nitrogen and oxygen atoms in total. The highest BCUT2D eigenvalue weighted by Crippen LogP contribution is 2.67. The van der Waals surface area contributed by atoms with E-state index in [1.165, 1.54) is 61.2 Å². The van der Waals surface area contributed by atoms with Crippen LogP contribution in [0.2, 0.25) is 0 Å². The van der Waals surface area contributed by atoms with Gasteiger partial charge < -0.3 is 15.8 Å². The van der Waals surface area contributed by atoms with Crippen molar-refractivity contribution in [2.24, 2.45) is 52.1 Å². The molecule has 8 heteroatoms. The number of hydrogen-bond acceptors (Lipinski definition) is 5. The molecule has 0 heterocycles. The van der Waals surface area contributed by atoms with Gasteiger partial charge in [0.25, 0.3) is 0 Å². The number of nitrogens with one attached hydrogen (secondary N) is 1. The highest BCUT2D eigenvalue weighted by Gasteiger charge is 2.59. The Balaban J connectivity index is 0.885. The number of ether oxygens (including phenoxy) is 1. The molecule has 3 N–H and O–H groups in total. The van der Waals surface area contributed by atoms with Gasteiger partial charge in [-0.25, -0.2) is 13.2 Å². The van der Waals surface area contributed by atoms with E-state index in [1.54, 1.807) is 6.07 Å². The summed E-state index contributed by atoms with van der Waals surface area (Å²) < 4.78 is 35.9. The number of benzene rings is 4. The van der Waals surface area contributed by atoms with Crippen LogP contribution >= 0.6 is 0 Å². The second-order valence-electron chi connectivity index (χ2n) is 19.1. The van der Waals surface area contributed by atoms with Gasteiger partial charge in [0.2, 0.25) is 10.0 Å². The number of hydrogen-bond donors (Lipinski definition) is 2. The van der Waals surface area contributed by atoms with Gasteiger partial charge in [-0.15, -0.1) is 0 Å². The highest BCUT2D eigenvalue weighted by atomic mass is 32.2. The molecule has 0 bridgehead atoms. The molecular weight excluding hydrogens is 715 g/mol. The van der Waals surface area contributed by atoms with Gasteiger partial charge in [-0.2, -0.15) is 4.31 Å². The van der Waals surface area contributed by atoms with Crippen molar-refractivity contribution < 1.29 is 17.9 Å². The molecule has 0 radical (unpaired) electrons. The van der Waals surface area contributed by atoms with E-state index < -0.39 is 16.1 Å². The summed E-state index contributed by atoms with van der Waals surface area (Å²) in [5.41, 5.74) is 8.10. The molecule has 0 saturated heterocycles. The normalized spacial score (nSPS) is 29.7. The smallest absolute Gasteiger partial charge is 0.407 e. The van der Waals surface area contributed by atoms with E-state index >= 15 is 0 Å². The number of nitrogens with two attached hydrogens (primary N) is 1. The fourth-order valence-electron chi connectivity index (χ4n) is 12.8. The second-order valence-corrected chi connectivity index (χ2v) is 21.0. The Hall–Kier alpha value is -3.20. The molecule has 0 spiro atoms. The standard InChI is InChI=1S/C48H65N3O4S/c1-31(2)8-6-9-32(3)40-19-20-41-38-18-16-36-30-37(22-24-47(36,4)42(38)23-25-48(40,41)5)55-46(52)50-27-29-51(28-26-49)56(53,54)43-21-15-35-13-12-33-10-7-11-34-14-17-39(43)45(35)44(33)34/h7,10-17,21,31-32,37-38,40-42H,6,8-9,18-20,22-30,49H2,1-5H3,(H,50,52)/t32-,37?,38+,40-,41+,42+,47+,48-/m1/s1. The Labute approximate surface area is 335 Å². The first-order chi connectivity index (χ1) is 26.8. The fraction of sp³-hybridized carbons (Fsp3) is 0.604. The predicted octanol–water partition coefficient (Wildman–Crippen LogP) is 10.7. The van der Waals surface area contributed by atoms with Crippen LogP contribution in [-0.4, -0.2) is 51.1 Å². The van der Waals surface area contributed by atoms with Crippen LogP contribution in [0, 0.1) is 46.3 Å². The summed E-state index contributed by atoms with van der Waals surface area (Å²) in [6.45, 7) is 13.0. The fourth-order valence-corrected chi connectivity index (χ4v) is 14.4. The quantitative estimate of drug-likeness (QED) is 0.104. The summed E-state index contributed by atoms with van der Waals surface area (Å²) >= 11 is 0. The van der Waals surface area contributed by atoms with Crippen LogP contribution in [0.15, 0.2) is 71.1 Å². The van der Waals surface area contributed by atoms with Crippen molar-refractivity contribution in [1.82, 2.24) is 9.62 Å². The lowest BCUT2D eigenvalue weighted by molar-refractivity contribution is -0.0581. The number of amides is 1. The summed E-state index contributed by atoms with van der Waals surface area (Å²) in [6, 6.07) is 17.8. The molecule has 0 aliphatic heterocycles. The average Bonchev–Trinajstić information content (AvgIpc) is 3.54. The van der Waals surface area contributed by atoms with Crippen LogP contribution in [0.25, 0.3) is 32.3 Å². The zero-order valence-electron chi connectivity index (χ0n) is 34.5. The van der Waals surface area contributed by atoms with Crippen molar-refractivity contribution in [2.45, 2.75) is 116 Å². The largest absolute Gasteiger partial charge is 0.446 e. The molecule has 302 valence electrons. The van der Waals surface area contributed by atoms with Crippen molar-refractivity contribution in [2.75, 3.05) is 26.2 Å². The number of alkyl carbamates (subject to hydrolysis) is 1. The third-order valence-corrected chi connectivity index (χ3v) is 17.6. The van der Waals surface area contributed by atoms with Crippen LogP contribution in [-0.2, 0) is 14.8 Å². The van der Waals surface area contributed by atoms with E-state index in [2.05, 4.69) is 64.2 Å². The minimum Gasteiger partial charge on any atom is -0.446 e. The third-order valence-electron chi connectivity index (χ3n) is 15.6. The van der Waals surface area contributed by atoms with Crippen LogP contribution in [0.5, 0.6) is 0 Å². The SMILES string of the molecule is CC(C)CCC[C@@H](C)[C@H]1CC[C@H]2[C@@H]3CC=C4CC(OC(=O)NCCN(CCN)S(=O)(=O)c5ccc6ccc7cccc8ccc5c6c78)CC[C@]4(C)[C@H]3CC[C@]12C. The van der Waals surface area contributed by atoms with Gasteiger partial charge in [-0.05, 0) is 124 Å². The number of allylic oxidation sites excluding steroid dienone is 1. The van der Waals surface area contributed by atoms with Gasteiger partial charge in [0.1, 0.15) is 6.10 Å². The number of fused-ring (bicyclic) bond motifs is 5. The van der Waals surface area contributed by atoms with E-state index in [0.29, 0.717) is 16.7 Å². The van der Waals surface area contributed by atoms with Gasteiger partial charge in [0.15, 0.2) is 0 Å². The zero-order chi connectivity index (χ0) is 39.4.